The SMILES string of the molecule is Cc1ccccc1NC(=O)c1cc(N)ccc1Cl. The maximum Gasteiger partial charge on any atom is 0.257 e. The molecule has 92 valence electrons. The molecular formula is C14H13ClN2O. The van der Waals surface area contributed by atoms with Crippen molar-refractivity contribution in [1.82, 2.24) is 0 Å². The van der Waals surface area contributed by atoms with Gasteiger partial charge >= 0.3 is 0 Å². The van der Waals surface area contributed by atoms with Gasteiger partial charge in [-0.2, -0.15) is 0 Å². The molecule has 0 aromatic heterocycles. The van der Waals surface area contributed by atoms with Crippen LogP contribution in [0.15, 0.2) is 42.5 Å². The third-order valence-corrected chi connectivity index (χ3v) is 2.96. The van der Waals surface area contributed by atoms with Gasteiger partial charge in [0.2, 0.25) is 0 Å². The summed E-state index contributed by atoms with van der Waals surface area (Å²) in [7, 11) is 0. The second-order valence-corrected chi connectivity index (χ2v) is 4.42. The normalized spacial score (nSPS) is 10.1. The molecule has 0 fully saturated rings. The molecular weight excluding hydrogens is 248 g/mol. The van der Waals surface area contributed by atoms with Crippen molar-refractivity contribution in [2.45, 2.75) is 6.92 Å². The van der Waals surface area contributed by atoms with E-state index in [-0.39, 0.29) is 5.91 Å². The molecule has 0 spiro atoms. The summed E-state index contributed by atoms with van der Waals surface area (Å²) in [5.74, 6) is -0.262. The summed E-state index contributed by atoms with van der Waals surface area (Å²) in [5, 5.41) is 3.20. The first-order valence-electron chi connectivity index (χ1n) is 5.50. The van der Waals surface area contributed by atoms with Crippen molar-refractivity contribution in [3.05, 3.63) is 58.6 Å². The second kappa shape index (κ2) is 5.10. The van der Waals surface area contributed by atoms with E-state index in [0.717, 1.165) is 11.3 Å². The molecule has 0 radical (unpaired) electrons. The monoisotopic (exact) mass is 260 g/mol. The number of benzene rings is 2. The number of para-hydroxylation sites is 1. The summed E-state index contributed by atoms with van der Waals surface area (Å²) < 4.78 is 0. The number of hydrogen-bond donors (Lipinski definition) is 2. The Morgan fingerprint density at radius 2 is 1.94 bits per heavy atom. The van der Waals surface area contributed by atoms with Crippen molar-refractivity contribution in [3.8, 4) is 0 Å². The molecule has 0 atom stereocenters. The Morgan fingerprint density at radius 3 is 2.67 bits per heavy atom. The van der Waals surface area contributed by atoms with E-state index in [9.17, 15) is 4.79 Å². The zero-order valence-electron chi connectivity index (χ0n) is 9.91. The van der Waals surface area contributed by atoms with Crippen LogP contribution in [0.1, 0.15) is 15.9 Å². The highest BCUT2D eigenvalue weighted by Crippen LogP contribution is 2.21. The van der Waals surface area contributed by atoms with Crippen molar-refractivity contribution in [1.29, 1.82) is 0 Å². The van der Waals surface area contributed by atoms with Gasteiger partial charge in [0.05, 0.1) is 10.6 Å². The Morgan fingerprint density at radius 1 is 1.22 bits per heavy atom. The molecule has 4 heteroatoms. The molecule has 0 heterocycles. The highest BCUT2D eigenvalue weighted by Gasteiger charge is 2.11. The molecule has 1 amide bonds. The van der Waals surface area contributed by atoms with Gasteiger partial charge in [0.15, 0.2) is 0 Å². The molecule has 18 heavy (non-hydrogen) atoms. The fraction of sp³-hybridized carbons (Fsp3) is 0.0714. The number of halogens is 1. The first-order chi connectivity index (χ1) is 8.58. The number of carbonyl (C=O) groups is 1. The topological polar surface area (TPSA) is 55.1 Å². The van der Waals surface area contributed by atoms with Crippen LogP contribution in [0.2, 0.25) is 5.02 Å². The fourth-order valence-electron chi connectivity index (χ4n) is 1.62. The van der Waals surface area contributed by atoms with Crippen LogP contribution < -0.4 is 11.1 Å². The maximum absolute atomic E-state index is 12.1. The number of nitrogen functional groups attached to an aromatic ring is 1. The molecule has 3 N–H and O–H groups in total. The number of nitrogens with two attached hydrogens (primary N) is 1. The highest BCUT2D eigenvalue weighted by atomic mass is 35.5. The van der Waals surface area contributed by atoms with Crippen LogP contribution in [0.3, 0.4) is 0 Å². The second-order valence-electron chi connectivity index (χ2n) is 4.01. The number of hydrogen-bond acceptors (Lipinski definition) is 2. The van der Waals surface area contributed by atoms with Crippen molar-refractivity contribution in [3.63, 3.8) is 0 Å². The van der Waals surface area contributed by atoms with Crippen molar-refractivity contribution in [2.24, 2.45) is 0 Å². The lowest BCUT2D eigenvalue weighted by Gasteiger charge is -2.09. The summed E-state index contributed by atoms with van der Waals surface area (Å²) in [6, 6.07) is 12.4. The Labute approximate surface area is 111 Å². The summed E-state index contributed by atoms with van der Waals surface area (Å²) in [6.07, 6.45) is 0. The minimum Gasteiger partial charge on any atom is -0.399 e. The average Bonchev–Trinajstić information content (AvgIpc) is 2.35. The van der Waals surface area contributed by atoms with Gasteiger partial charge in [-0.25, -0.2) is 0 Å². The Bertz CT molecular complexity index is 596. The molecule has 0 aliphatic heterocycles. The van der Waals surface area contributed by atoms with Gasteiger partial charge in [0.25, 0.3) is 5.91 Å². The van der Waals surface area contributed by atoms with Gasteiger partial charge in [-0.1, -0.05) is 29.8 Å². The fourth-order valence-corrected chi connectivity index (χ4v) is 1.82. The zero-order valence-corrected chi connectivity index (χ0v) is 10.7. The van der Waals surface area contributed by atoms with Crippen LogP contribution >= 0.6 is 11.6 Å². The Balaban J connectivity index is 2.28. The van der Waals surface area contributed by atoms with Gasteiger partial charge in [0, 0.05) is 11.4 Å². The van der Waals surface area contributed by atoms with Crippen LogP contribution in [0, 0.1) is 6.92 Å². The summed E-state index contributed by atoms with van der Waals surface area (Å²) in [5.41, 5.74) is 8.29. The predicted octanol–water partition coefficient (Wildman–Crippen LogP) is 3.48. The number of carbonyl (C=O) groups excluding carboxylic acids is 1. The predicted molar refractivity (Wildman–Crippen MR) is 75.0 cm³/mol. The minimum atomic E-state index is -0.262. The summed E-state index contributed by atoms with van der Waals surface area (Å²) in [6.45, 7) is 1.93. The molecule has 0 bridgehead atoms. The number of nitrogens with one attached hydrogen (secondary N) is 1. The molecule has 0 saturated heterocycles. The third kappa shape index (κ3) is 2.63. The van der Waals surface area contributed by atoms with E-state index in [2.05, 4.69) is 5.32 Å². The van der Waals surface area contributed by atoms with E-state index < -0.39 is 0 Å². The Hall–Kier alpha value is -2.00. The largest absolute Gasteiger partial charge is 0.399 e. The minimum absolute atomic E-state index is 0.262. The molecule has 0 saturated carbocycles. The molecule has 3 nitrogen and oxygen atoms in total. The molecule has 2 aromatic rings. The van der Waals surface area contributed by atoms with Crippen LogP contribution in [0.4, 0.5) is 11.4 Å². The average molecular weight is 261 g/mol. The third-order valence-electron chi connectivity index (χ3n) is 2.63. The van der Waals surface area contributed by atoms with Crippen molar-refractivity contribution < 1.29 is 4.79 Å². The molecule has 0 aliphatic rings. The van der Waals surface area contributed by atoms with E-state index in [1.54, 1.807) is 18.2 Å². The molecule has 0 aliphatic carbocycles. The van der Waals surface area contributed by atoms with Gasteiger partial charge < -0.3 is 11.1 Å². The first kappa shape index (κ1) is 12.5. The lowest BCUT2D eigenvalue weighted by molar-refractivity contribution is 0.102. The number of amides is 1. The number of aryl methyl sites for hydroxylation is 1. The summed E-state index contributed by atoms with van der Waals surface area (Å²) >= 11 is 5.98. The zero-order chi connectivity index (χ0) is 13.1. The number of rotatable bonds is 2. The van der Waals surface area contributed by atoms with Gasteiger partial charge in [-0.05, 0) is 36.8 Å². The van der Waals surface area contributed by atoms with Crippen molar-refractivity contribution in [2.75, 3.05) is 11.1 Å². The van der Waals surface area contributed by atoms with Crippen LogP contribution in [-0.4, -0.2) is 5.91 Å². The highest BCUT2D eigenvalue weighted by molar-refractivity contribution is 6.34. The molecule has 2 rings (SSSR count). The van der Waals surface area contributed by atoms with E-state index in [4.69, 9.17) is 17.3 Å². The maximum atomic E-state index is 12.1. The van der Waals surface area contributed by atoms with E-state index in [1.807, 2.05) is 31.2 Å². The Kier molecular flexibility index (Phi) is 3.53. The standard InChI is InChI=1S/C14H13ClN2O/c1-9-4-2-3-5-13(9)17-14(18)11-8-10(16)6-7-12(11)15/h2-8H,16H2,1H3,(H,17,18). The van der Waals surface area contributed by atoms with Gasteiger partial charge in [-0.15, -0.1) is 0 Å². The van der Waals surface area contributed by atoms with Crippen LogP contribution in [-0.2, 0) is 0 Å². The van der Waals surface area contributed by atoms with Crippen LogP contribution in [0.5, 0.6) is 0 Å². The van der Waals surface area contributed by atoms with E-state index in [1.165, 1.54) is 0 Å². The lowest BCUT2D eigenvalue weighted by atomic mass is 10.1. The number of anilines is 2. The summed E-state index contributed by atoms with van der Waals surface area (Å²) in [4.78, 5) is 12.1. The van der Waals surface area contributed by atoms with E-state index in [0.29, 0.717) is 16.3 Å². The van der Waals surface area contributed by atoms with E-state index >= 15 is 0 Å². The quantitative estimate of drug-likeness (QED) is 0.812. The smallest absolute Gasteiger partial charge is 0.257 e. The van der Waals surface area contributed by atoms with Gasteiger partial charge in [-0.3, -0.25) is 4.79 Å². The molecule has 0 unspecified atom stereocenters. The first-order valence-corrected chi connectivity index (χ1v) is 5.88. The van der Waals surface area contributed by atoms with Crippen LogP contribution in [0.25, 0.3) is 0 Å². The van der Waals surface area contributed by atoms with Gasteiger partial charge in [0.1, 0.15) is 0 Å². The lowest BCUT2D eigenvalue weighted by Crippen LogP contribution is -2.13. The molecule has 2 aromatic carbocycles. The van der Waals surface area contributed by atoms with Crippen molar-refractivity contribution >= 4 is 28.9 Å².